The molecule has 0 saturated carbocycles. The van der Waals surface area contributed by atoms with Crippen molar-refractivity contribution in [3.63, 3.8) is 0 Å². The average Bonchev–Trinajstić information content (AvgIpc) is 2.39. The van der Waals surface area contributed by atoms with Crippen LogP contribution in [-0.2, 0) is 0 Å². The number of hydrogen-bond donors (Lipinski definition) is 1. The van der Waals surface area contributed by atoms with Crippen LogP contribution in [0, 0.1) is 5.82 Å². The Bertz CT molecular complexity index is 404. The Morgan fingerprint density at radius 3 is 2.79 bits per heavy atom. The molecule has 0 spiro atoms. The zero-order chi connectivity index (χ0) is 14.3. The number of rotatable bonds is 8. The maximum atomic E-state index is 14.1. The van der Waals surface area contributed by atoms with Crippen LogP contribution >= 0.6 is 0 Å². The molecule has 0 radical (unpaired) electrons. The van der Waals surface area contributed by atoms with Gasteiger partial charge in [-0.15, -0.1) is 6.58 Å². The predicted octanol–water partition coefficient (Wildman–Crippen LogP) is 3.90. The number of nitrogens with one attached hydrogen (secondary N) is 1. The van der Waals surface area contributed by atoms with E-state index >= 15 is 0 Å². The molecule has 19 heavy (non-hydrogen) atoms. The number of unbranched alkanes of at least 4 members (excludes halogenated alkanes) is 1. The van der Waals surface area contributed by atoms with Gasteiger partial charge in [0, 0.05) is 19.6 Å². The maximum Gasteiger partial charge on any atom is 0.146 e. The predicted molar refractivity (Wildman–Crippen MR) is 81.2 cm³/mol. The molecule has 0 aliphatic rings. The molecule has 1 rings (SSSR count). The van der Waals surface area contributed by atoms with Gasteiger partial charge in [0.2, 0.25) is 0 Å². The molecular formula is C16H25FN2. The maximum absolute atomic E-state index is 14.1. The molecule has 0 aliphatic heterocycles. The Labute approximate surface area is 116 Å². The SMILES string of the molecule is C=CCCCN(C)c1ccc(C(C)NCC)cc1F. The van der Waals surface area contributed by atoms with Crippen molar-refractivity contribution in [3.05, 3.63) is 42.2 Å². The van der Waals surface area contributed by atoms with Crippen LogP contribution in [0.25, 0.3) is 0 Å². The molecule has 0 amide bonds. The van der Waals surface area contributed by atoms with Crippen molar-refractivity contribution in [1.29, 1.82) is 0 Å². The first kappa shape index (κ1) is 15.7. The second-order valence-electron chi connectivity index (χ2n) is 4.84. The number of halogens is 1. The van der Waals surface area contributed by atoms with Crippen LogP contribution in [0.3, 0.4) is 0 Å². The molecule has 0 fully saturated rings. The lowest BCUT2D eigenvalue weighted by atomic mass is 10.1. The zero-order valence-corrected chi connectivity index (χ0v) is 12.2. The third kappa shape index (κ3) is 4.67. The van der Waals surface area contributed by atoms with E-state index < -0.39 is 0 Å². The number of anilines is 1. The Morgan fingerprint density at radius 2 is 2.21 bits per heavy atom. The van der Waals surface area contributed by atoms with Gasteiger partial charge in [0.05, 0.1) is 5.69 Å². The van der Waals surface area contributed by atoms with Crippen molar-refractivity contribution in [2.24, 2.45) is 0 Å². The second kappa shape index (κ2) is 7.95. The van der Waals surface area contributed by atoms with E-state index in [1.54, 1.807) is 6.07 Å². The van der Waals surface area contributed by atoms with Gasteiger partial charge >= 0.3 is 0 Å². The van der Waals surface area contributed by atoms with E-state index in [9.17, 15) is 4.39 Å². The normalized spacial score (nSPS) is 12.2. The summed E-state index contributed by atoms with van der Waals surface area (Å²) in [6.45, 7) is 9.51. The molecule has 2 nitrogen and oxygen atoms in total. The fraction of sp³-hybridized carbons (Fsp3) is 0.500. The molecule has 1 aromatic carbocycles. The third-order valence-electron chi connectivity index (χ3n) is 3.30. The first-order valence-corrected chi connectivity index (χ1v) is 6.95. The molecule has 3 heteroatoms. The van der Waals surface area contributed by atoms with E-state index in [1.807, 2.05) is 37.1 Å². The van der Waals surface area contributed by atoms with Crippen molar-refractivity contribution >= 4 is 5.69 Å². The molecule has 0 aromatic heterocycles. The number of nitrogens with zero attached hydrogens (tertiary/aromatic N) is 1. The summed E-state index contributed by atoms with van der Waals surface area (Å²) in [5.74, 6) is -0.150. The van der Waals surface area contributed by atoms with Crippen LogP contribution in [-0.4, -0.2) is 20.1 Å². The smallest absolute Gasteiger partial charge is 0.146 e. The van der Waals surface area contributed by atoms with E-state index in [2.05, 4.69) is 18.8 Å². The molecular weight excluding hydrogens is 239 g/mol. The molecule has 0 heterocycles. The van der Waals surface area contributed by atoms with Gasteiger partial charge in [0.25, 0.3) is 0 Å². The standard InChI is InChI=1S/C16H25FN2/c1-5-7-8-11-19(4)16-10-9-14(12-15(16)17)13(3)18-6-2/h5,9-10,12-13,18H,1,6-8,11H2,2-4H3. The van der Waals surface area contributed by atoms with E-state index in [1.165, 1.54) is 0 Å². The Morgan fingerprint density at radius 1 is 1.47 bits per heavy atom. The zero-order valence-electron chi connectivity index (χ0n) is 12.2. The van der Waals surface area contributed by atoms with Crippen molar-refractivity contribution in [1.82, 2.24) is 5.32 Å². The molecule has 106 valence electrons. The quantitative estimate of drug-likeness (QED) is 0.566. The van der Waals surface area contributed by atoms with Crippen molar-refractivity contribution < 1.29 is 4.39 Å². The monoisotopic (exact) mass is 264 g/mol. The molecule has 1 unspecified atom stereocenters. The fourth-order valence-corrected chi connectivity index (χ4v) is 2.12. The lowest BCUT2D eigenvalue weighted by Crippen LogP contribution is -2.21. The van der Waals surface area contributed by atoms with Gasteiger partial charge in [-0.05, 0) is 44.0 Å². The van der Waals surface area contributed by atoms with Gasteiger partial charge in [-0.3, -0.25) is 0 Å². The van der Waals surface area contributed by atoms with Crippen LogP contribution in [0.5, 0.6) is 0 Å². The highest BCUT2D eigenvalue weighted by Crippen LogP contribution is 2.23. The Balaban J connectivity index is 2.73. The summed E-state index contributed by atoms with van der Waals surface area (Å²) in [4.78, 5) is 1.96. The van der Waals surface area contributed by atoms with Crippen LogP contribution < -0.4 is 10.2 Å². The Hall–Kier alpha value is -1.35. The molecule has 1 atom stereocenters. The molecule has 1 N–H and O–H groups in total. The summed E-state index contributed by atoms with van der Waals surface area (Å²) in [6.07, 6.45) is 3.85. The highest BCUT2D eigenvalue weighted by atomic mass is 19.1. The summed E-state index contributed by atoms with van der Waals surface area (Å²) in [5, 5.41) is 3.29. The minimum atomic E-state index is -0.150. The molecule has 0 bridgehead atoms. The van der Waals surface area contributed by atoms with Crippen molar-refractivity contribution in [2.75, 3.05) is 25.0 Å². The summed E-state index contributed by atoms with van der Waals surface area (Å²) in [7, 11) is 1.93. The van der Waals surface area contributed by atoms with Gasteiger partial charge in [-0.1, -0.05) is 19.1 Å². The molecule has 0 saturated heterocycles. The first-order valence-electron chi connectivity index (χ1n) is 6.95. The topological polar surface area (TPSA) is 15.3 Å². The largest absolute Gasteiger partial charge is 0.372 e. The van der Waals surface area contributed by atoms with Gasteiger partial charge in [0.1, 0.15) is 5.82 Å². The first-order chi connectivity index (χ1) is 9.10. The van der Waals surface area contributed by atoms with Crippen molar-refractivity contribution in [2.45, 2.75) is 32.7 Å². The van der Waals surface area contributed by atoms with E-state index in [4.69, 9.17) is 0 Å². The molecule has 0 aliphatic carbocycles. The van der Waals surface area contributed by atoms with Crippen LogP contribution in [0.4, 0.5) is 10.1 Å². The van der Waals surface area contributed by atoms with E-state index in [0.29, 0.717) is 5.69 Å². The average molecular weight is 264 g/mol. The fourth-order valence-electron chi connectivity index (χ4n) is 2.12. The highest BCUT2D eigenvalue weighted by molar-refractivity contribution is 5.48. The van der Waals surface area contributed by atoms with Gasteiger partial charge in [-0.2, -0.15) is 0 Å². The summed E-state index contributed by atoms with van der Waals surface area (Å²) in [5.41, 5.74) is 1.65. The summed E-state index contributed by atoms with van der Waals surface area (Å²) in [6, 6.07) is 5.68. The summed E-state index contributed by atoms with van der Waals surface area (Å²) < 4.78 is 14.1. The minimum Gasteiger partial charge on any atom is -0.372 e. The Kier molecular flexibility index (Phi) is 6.57. The number of allylic oxidation sites excluding steroid dienone is 1. The van der Waals surface area contributed by atoms with Gasteiger partial charge in [0.15, 0.2) is 0 Å². The van der Waals surface area contributed by atoms with Crippen LogP contribution in [0.2, 0.25) is 0 Å². The van der Waals surface area contributed by atoms with E-state index in [0.717, 1.165) is 31.5 Å². The lowest BCUT2D eigenvalue weighted by Gasteiger charge is -2.21. The molecule has 1 aromatic rings. The third-order valence-corrected chi connectivity index (χ3v) is 3.30. The number of benzene rings is 1. The minimum absolute atomic E-state index is 0.150. The van der Waals surface area contributed by atoms with Crippen LogP contribution in [0.15, 0.2) is 30.9 Å². The van der Waals surface area contributed by atoms with E-state index in [-0.39, 0.29) is 11.9 Å². The summed E-state index contributed by atoms with van der Waals surface area (Å²) >= 11 is 0. The number of hydrogen-bond acceptors (Lipinski definition) is 2. The van der Waals surface area contributed by atoms with Crippen LogP contribution in [0.1, 0.15) is 38.3 Å². The van der Waals surface area contributed by atoms with Gasteiger partial charge in [-0.25, -0.2) is 4.39 Å². The van der Waals surface area contributed by atoms with Gasteiger partial charge < -0.3 is 10.2 Å². The van der Waals surface area contributed by atoms with Crippen molar-refractivity contribution in [3.8, 4) is 0 Å². The highest BCUT2D eigenvalue weighted by Gasteiger charge is 2.11. The lowest BCUT2D eigenvalue weighted by molar-refractivity contribution is 0.581. The second-order valence-corrected chi connectivity index (χ2v) is 4.84.